The van der Waals surface area contributed by atoms with Crippen molar-refractivity contribution in [2.24, 2.45) is 0 Å². The second-order valence-corrected chi connectivity index (χ2v) is 5.33. The minimum absolute atomic E-state index is 0.441. The zero-order valence-electron chi connectivity index (χ0n) is 10.6. The average molecular weight is 242 g/mol. The summed E-state index contributed by atoms with van der Waals surface area (Å²) in [5.41, 5.74) is 5.52. The summed E-state index contributed by atoms with van der Waals surface area (Å²) in [6, 6.07) is 17.4. The van der Waals surface area contributed by atoms with Gasteiger partial charge in [-0.3, -0.25) is 0 Å². The Morgan fingerprint density at radius 2 is 1.65 bits per heavy atom. The van der Waals surface area contributed by atoms with Gasteiger partial charge in [-0.2, -0.15) is 11.8 Å². The van der Waals surface area contributed by atoms with Gasteiger partial charge in [-0.1, -0.05) is 54.1 Å². The highest BCUT2D eigenvalue weighted by Gasteiger charge is 2.14. The van der Waals surface area contributed by atoms with Gasteiger partial charge >= 0.3 is 0 Å². The van der Waals surface area contributed by atoms with Crippen molar-refractivity contribution in [3.8, 4) is 0 Å². The maximum atomic E-state index is 2.31. The molecule has 1 heteroatoms. The van der Waals surface area contributed by atoms with Crippen molar-refractivity contribution in [1.82, 2.24) is 0 Å². The first-order valence-electron chi connectivity index (χ1n) is 5.87. The molecule has 88 valence electrons. The lowest BCUT2D eigenvalue weighted by Gasteiger charge is -2.18. The predicted octanol–water partition coefficient (Wildman–Crippen LogP) is 4.76. The van der Waals surface area contributed by atoms with Gasteiger partial charge in [-0.25, -0.2) is 0 Å². The predicted molar refractivity (Wildman–Crippen MR) is 77.7 cm³/mol. The molecule has 0 bridgehead atoms. The summed E-state index contributed by atoms with van der Waals surface area (Å²) in [5, 5.41) is 0.441. The van der Waals surface area contributed by atoms with Crippen molar-refractivity contribution in [3.63, 3.8) is 0 Å². The molecule has 1 atom stereocenters. The maximum absolute atomic E-state index is 2.31. The number of rotatable bonds is 3. The summed E-state index contributed by atoms with van der Waals surface area (Å²) in [7, 11) is 0. The Hall–Kier alpha value is -1.21. The van der Waals surface area contributed by atoms with E-state index in [0.29, 0.717) is 5.25 Å². The Balaban J connectivity index is 2.46. The van der Waals surface area contributed by atoms with Crippen LogP contribution < -0.4 is 0 Å². The van der Waals surface area contributed by atoms with Crippen LogP contribution >= 0.6 is 11.8 Å². The lowest BCUT2D eigenvalue weighted by Crippen LogP contribution is -1.99. The molecule has 17 heavy (non-hydrogen) atoms. The van der Waals surface area contributed by atoms with E-state index in [1.165, 1.54) is 22.3 Å². The largest absolute Gasteiger partial charge is 0.152 e. The maximum Gasteiger partial charge on any atom is 0.0546 e. The number of aryl methyl sites for hydroxylation is 2. The van der Waals surface area contributed by atoms with Gasteiger partial charge < -0.3 is 0 Å². The molecule has 2 aromatic carbocycles. The van der Waals surface area contributed by atoms with Crippen LogP contribution in [0, 0.1) is 13.8 Å². The number of hydrogen-bond donors (Lipinski definition) is 0. The molecule has 0 heterocycles. The summed E-state index contributed by atoms with van der Waals surface area (Å²) >= 11 is 1.90. The smallest absolute Gasteiger partial charge is 0.0546 e. The molecule has 0 N–H and O–H groups in total. The highest BCUT2D eigenvalue weighted by molar-refractivity contribution is 7.99. The van der Waals surface area contributed by atoms with Crippen LogP contribution in [-0.4, -0.2) is 6.26 Å². The third-order valence-corrected chi connectivity index (χ3v) is 4.05. The SMILES string of the molecule is CSC(c1ccccc1)c1cc(C)ccc1C. The van der Waals surface area contributed by atoms with E-state index in [0.717, 1.165) is 0 Å². The molecule has 0 aliphatic rings. The quantitative estimate of drug-likeness (QED) is 0.748. The number of benzene rings is 2. The van der Waals surface area contributed by atoms with Crippen LogP contribution in [0.5, 0.6) is 0 Å². The average Bonchev–Trinajstić information content (AvgIpc) is 2.36. The third kappa shape index (κ3) is 2.73. The van der Waals surface area contributed by atoms with E-state index in [1.807, 2.05) is 11.8 Å². The number of thioether (sulfide) groups is 1. The Labute approximate surface area is 108 Å². The first kappa shape index (κ1) is 12.3. The summed E-state index contributed by atoms with van der Waals surface area (Å²) < 4.78 is 0. The van der Waals surface area contributed by atoms with Crippen molar-refractivity contribution in [2.75, 3.05) is 6.26 Å². The third-order valence-electron chi connectivity index (χ3n) is 3.06. The van der Waals surface area contributed by atoms with Crippen LogP contribution in [0.15, 0.2) is 48.5 Å². The van der Waals surface area contributed by atoms with E-state index in [-0.39, 0.29) is 0 Å². The van der Waals surface area contributed by atoms with E-state index in [2.05, 4.69) is 68.6 Å². The van der Waals surface area contributed by atoms with E-state index >= 15 is 0 Å². The molecule has 0 radical (unpaired) electrons. The minimum atomic E-state index is 0.441. The van der Waals surface area contributed by atoms with E-state index in [1.54, 1.807) is 0 Å². The fraction of sp³-hybridized carbons (Fsp3) is 0.250. The second kappa shape index (κ2) is 5.42. The molecule has 2 rings (SSSR count). The fourth-order valence-electron chi connectivity index (χ4n) is 2.11. The normalized spacial score (nSPS) is 12.4. The van der Waals surface area contributed by atoms with E-state index in [9.17, 15) is 0 Å². The summed E-state index contributed by atoms with van der Waals surface area (Å²) in [6.45, 7) is 4.35. The van der Waals surface area contributed by atoms with Crippen LogP contribution in [0.2, 0.25) is 0 Å². The van der Waals surface area contributed by atoms with Crippen LogP contribution in [-0.2, 0) is 0 Å². The zero-order chi connectivity index (χ0) is 12.3. The van der Waals surface area contributed by atoms with Gasteiger partial charge in [0.25, 0.3) is 0 Å². The Bertz CT molecular complexity index is 488. The summed E-state index contributed by atoms with van der Waals surface area (Å²) in [5.74, 6) is 0. The van der Waals surface area contributed by atoms with Gasteiger partial charge in [-0.15, -0.1) is 0 Å². The van der Waals surface area contributed by atoms with Crippen molar-refractivity contribution < 1.29 is 0 Å². The molecule has 1 unspecified atom stereocenters. The van der Waals surface area contributed by atoms with Gasteiger partial charge in [0.2, 0.25) is 0 Å². The molecule has 0 aliphatic carbocycles. The van der Waals surface area contributed by atoms with E-state index in [4.69, 9.17) is 0 Å². The highest BCUT2D eigenvalue weighted by Crippen LogP contribution is 2.35. The molecular weight excluding hydrogens is 224 g/mol. The summed E-state index contributed by atoms with van der Waals surface area (Å²) in [6.07, 6.45) is 2.18. The van der Waals surface area contributed by atoms with Crippen LogP contribution in [0.4, 0.5) is 0 Å². The Kier molecular flexibility index (Phi) is 3.90. The molecule has 0 saturated heterocycles. The Morgan fingerprint density at radius 3 is 2.29 bits per heavy atom. The molecule has 0 aliphatic heterocycles. The first-order chi connectivity index (χ1) is 8.22. The molecule has 0 saturated carbocycles. The fourth-order valence-corrected chi connectivity index (χ4v) is 3.05. The monoisotopic (exact) mass is 242 g/mol. The zero-order valence-corrected chi connectivity index (χ0v) is 11.4. The molecule has 0 amide bonds. The minimum Gasteiger partial charge on any atom is -0.152 e. The van der Waals surface area contributed by atoms with E-state index < -0.39 is 0 Å². The molecule has 0 aromatic heterocycles. The lowest BCUT2D eigenvalue weighted by molar-refractivity contribution is 1.12. The topological polar surface area (TPSA) is 0 Å². The molecule has 2 aromatic rings. The van der Waals surface area contributed by atoms with Crippen molar-refractivity contribution in [2.45, 2.75) is 19.1 Å². The van der Waals surface area contributed by atoms with Crippen LogP contribution in [0.3, 0.4) is 0 Å². The van der Waals surface area contributed by atoms with Crippen molar-refractivity contribution in [3.05, 3.63) is 70.8 Å². The molecule has 0 nitrogen and oxygen atoms in total. The highest BCUT2D eigenvalue weighted by atomic mass is 32.2. The Morgan fingerprint density at radius 1 is 0.941 bits per heavy atom. The van der Waals surface area contributed by atoms with Crippen LogP contribution in [0.25, 0.3) is 0 Å². The van der Waals surface area contributed by atoms with Crippen molar-refractivity contribution in [1.29, 1.82) is 0 Å². The van der Waals surface area contributed by atoms with Crippen LogP contribution in [0.1, 0.15) is 27.5 Å². The molecule has 0 spiro atoms. The van der Waals surface area contributed by atoms with Gasteiger partial charge in [0, 0.05) is 0 Å². The summed E-state index contributed by atoms with van der Waals surface area (Å²) in [4.78, 5) is 0. The molecular formula is C16H18S. The van der Waals surface area contributed by atoms with Gasteiger partial charge in [-0.05, 0) is 36.8 Å². The number of hydrogen-bond acceptors (Lipinski definition) is 1. The van der Waals surface area contributed by atoms with Gasteiger partial charge in [0.1, 0.15) is 0 Å². The van der Waals surface area contributed by atoms with Gasteiger partial charge in [0.15, 0.2) is 0 Å². The molecule has 0 fully saturated rings. The standard InChI is InChI=1S/C16H18S/c1-12-9-10-13(2)15(11-12)16(17-3)14-7-5-4-6-8-14/h4-11,16H,1-3H3. The van der Waals surface area contributed by atoms with Gasteiger partial charge in [0.05, 0.1) is 5.25 Å². The van der Waals surface area contributed by atoms with Crippen molar-refractivity contribution >= 4 is 11.8 Å². The lowest BCUT2D eigenvalue weighted by atomic mass is 9.98. The second-order valence-electron chi connectivity index (χ2n) is 4.39. The first-order valence-corrected chi connectivity index (χ1v) is 7.16.